The van der Waals surface area contributed by atoms with Crippen molar-refractivity contribution in [1.29, 1.82) is 0 Å². The van der Waals surface area contributed by atoms with Crippen molar-refractivity contribution in [2.24, 2.45) is 4.99 Å². The summed E-state index contributed by atoms with van der Waals surface area (Å²) in [7, 11) is 3.14. The number of hydrogen-bond acceptors (Lipinski definition) is 5. The number of rotatable bonds is 4. The number of nitrogens with one attached hydrogen (secondary N) is 1. The van der Waals surface area contributed by atoms with Gasteiger partial charge in [-0.25, -0.2) is 9.38 Å². The van der Waals surface area contributed by atoms with Crippen molar-refractivity contribution in [2.45, 2.75) is 0 Å². The summed E-state index contributed by atoms with van der Waals surface area (Å²) in [5, 5.41) is 3.15. The van der Waals surface area contributed by atoms with Crippen molar-refractivity contribution in [1.82, 2.24) is 5.32 Å². The quantitative estimate of drug-likeness (QED) is 0.519. The van der Waals surface area contributed by atoms with E-state index in [1.54, 1.807) is 38.5 Å². The average Bonchev–Trinajstić information content (AvgIpc) is 2.95. The van der Waals surface area contributed by atoms with Gasteiger partial charge in [-0.2, -0.15) is 0 Å². The van der Waals surface area contributed by atoms with Crippen LogP contribution in [0, 0.1) is 9.39 Å². The zero-order valence-electron chi connectivity index (χ0n) is 13.9. The van der Waals surface area contributed by atoms with E-state index in [1.165, 1.54) is 23.9 Å². The summed E-state index contributed by atoms with van der Waals surface area (Å²) in [6.45, 7) is 0. The van der Waals surface area contributed by atoms with Crippen LogP contribution in [0.4, 0.5) is 10.1 Å². The van der Waals surface area contributed by atoms with Crippen molar-refractivity contribution in [3.8, 4) is 11.5 Å². The Hall–Kier alpha value is -2.07. The molecule has 3 rings (SSSR count). The molecule has 2 aromatic rings. The maximum absolute atomic E-state index is 13.0. The average molecular weight is 484 g/mol. The van der Waals surface area contributed by atoms with E-state index in [9.17, 15) is 9.18 Å². The topological polar surface area (TPSA) is 59.9 Å². The first-order valence-electron chi connectivity index (χ1n) is 7.47. The van der Waals surface area contributed by atoms with Gasteiger partial charge >= 0.3 is 0 Å². The number of hydrogen-bond donors (Lipinski definition) is 1. The molecule has 134 valence electrons. The number of carbonyl (C=O) groups excluding carboxylic acids is 1. The smallest absolute Gasteiger partial charge is 0.264 e. The molecule has 1 amide bonds. The lowest BCUT2D eigenvalue weighted by molar-refractivity contribution is -0.115. The molecule has 0 saturated carbocycles. The summed E-state index contributed by atoms with van der Waals surface area (Å²) < 4.78 is 24.5. The number of carbonyl (C=O) groups is 1. The standard InChI is InChI=1S/C18H14FIN2O3S/c1-24-14-8-10(7-13(20)16(14)25-2)9-15-17(23)22-18(26-15)21-12-5-3-11(19)4-6-12/h3-9H,1-2H3,(H,21,22,23). The molecule has 1 aliphatic rings. The van der Waals surface area contributed by atoms with E-state index < -0.39 is 0 Å². The van der Waals surface area contributed by atoms with Gasteiger partial charge in [0, 0.05) is 0 Å². The number of thioether (sulfide) groups is 1. The monoisotopic (exact) mass is 484 g/mol. The van der Waals surface area contributed by atoms with Crippen molar-refractivity contribution < 1.29 is 18.7 Å². The van der Waals surface area contributed by atoms with Crippen LogP contribution in [0.1, 0.15) is 5.56 Å². The molecule has 1 heterocycles. The second kappa shape index (κ2) is 8.09. The summed E-state index contributed by atoms with van der Waals surface area (Å²) in [5.41, 5.74) is 1.38. The molecule has 8 heteroatoms. The number of amidine groups is 1. The SMILES string of the molecule is COc1cc(C=C2SC(=Nc3ccc(F)cc3)NC2=O)cc(I)c1OC. The van der Waals surface area contributed by atoms with E-state index in [1.807, 2.05) is 6.07 Å². The number of halogens is 2. The Labute approximate surface area is 167 Å². The van der Waals surface area contributed by atoms with E-state index >= 15 is 0 Å². The minimum Gasteiger partial charge on any atom is -0.493 e. The highest BCUT2D eigenvalue weighted by atomic mass is 127. The number of amides is 1. The zero-order valence-corrected chi connectivity index (χ0v) is 16.9. The van der Waals surface area contributed by atoms with Crippen LogP contribution < -0.4 is 14.8 Å². The van der Waals surface area contributed by atoms with E-state index in [4.69, 9.17) is 9.47 Å². The van der Waals surface area contributed by atoms with Crippen LogP contribution in [0.2, 0.25) is 0 Å². The number of benzene rings is 2. The van der Waals surface area contributed by atoms with Crippen LogP contribution >= 0.6 is 34.4 Å². The molecule has 0 unspecified atom stereocenters. The summed E-state index contributed by atoms with van der Waals surface area (Å²) in [5.74, 6) is 0.675. The van der Waals surface area contributed by atoms with Crippen LogP contribution in [-0.4, -0.2) is 25.3 Å². The Morgan fingerprint density at radius 3 is 2.58 bits per heavy atom. The molecule has 0 radical (unpaired) electrons. The van der Waals surface area contributed by atoms with Gasteiger partial charge in [0.2, 0.25) is 0 Å². The maximum Gasteiger partial charge on any atom is 0.264 e. The molecule has 1 aliphatic heterocycles. The largest absolute Gasteiger partial charge is 0.493 e. The van der Waals surface area contributed by atoms with Crippen molar-refractivity contribution in [3.63, 3.8) is 0 Å². The summed E-state index contributed by atoms with van der Waals surface area (Å²) >= 11 is 3.38. The molecule has 0 atom stereocenters. The number of methoxy groups -OCH3 is 2. The van der Waals surface area contributed by atoms with E-state index in [-0.39, 0.29) is 11.7 Å². The molecule has 0 spiro atoms. The second-order valence-electron chi connectivity index (χ2n) is 5.20. The van der Waals surface area contributed by atoms with Crippen molar-refractivity contribution in [2.75, 3.05) is 14.2 Å². The third-order valence-electron chi connectivity index (χ3n) is 3.46. The minimum atomic E-state index is -0.333. The second-order valence-corrected chi connectivity index (χ2v) is 7.39. The highest BCUT2D eigenvalue weighted by Crippen LogP contribution is 2.35. The highest BCUT2D eigenvalue weighted by molar-refractivity contribution is 14.1. The highest BCUT2D eigenvalue weighted by Gasteiger charge is 2.24. The van der Waals surface area contributed by atoms with Gasteiger partial charge < -0.3 is 14.8 Å². The number of nitrogens with zero attached hydrogens (tertiary/aromatic N) is 1. The molecule has 1 saturated heterocycles. The first-order valence-corrected chi connectivity index (χ1v) is 9.36. The van der Waals surface area contributed by atoms with Gasteiger partial charge in [-0.1, -0.05) is 0 Å². The van der Waals surface area contributed by atoms with Gasteiger partial charge in [0.15, 0.2) is 16.7 Å². The van der Waals surface area contributed by atoms with Gasteiger partial charge in [-0.3, -0.25) is 4.79 Å². The van der Waals surface area contributed by atoms with Gasteiger partial charge in [0.05, 0.1) is 28.4 Å². The fourth-order valence-corrected chi connectivity index (χ4v) is 3.97. The molecule has 5 nitrogen and oxygen atoms in total. The van der Waals surface area contributed by atoms with Crippen molar-refractivity contribution >= 4 is 57.2 Å². The van der Waals surface area contributed by atoms with Crippen LogP contribution in [0.3, 0.4) is 0 Å². The van der Waals surface area contributed by atoms with Gasteiger partial charge in [0.25, 0.3) is 5.91 Å². The molecular weight excluding hydrogens is 470 g/mol. The number of ether oxygens (including phenoxy) is 2. The molecule has 2 aromatic carbocycles. The Morgan fingerprint density at radius 2 is 1.92 bits per heavy atom. The van der Waals surface area contributed by atoms with Crippen LogP contribution in [0.5, 0.6) is 11.5 Å². The van der Waals surface area contributed by atoms with Gasteiger partial charge in [0.1, 0.15) is 5.82 Å². The van der Waals surface area contributed by atoms with Crippen LogP contribution in [0.25, 0.3) is 6.08 Å². The van der Waals surface area contributed by atoms with Crippen LogP contribution in [-0.2, 0) is 4.79 Å². The fourth-order valence-electron chi connectivity index (χ4n) is 2.29. The fraction of sp³-hybridized carbons (Fsp3) is 0.111. The third kappa shape index (κ3) is 4.18. The minimum absolute atomic E-state index is 0.236. The Bertz CT molecular complexity index is 913. The lowest BCUT2D eigenvalue weighted by Crippen LogP contribution is -2.19. The molecule has 0 aliphatic carbocycles. The summed E-state index contributed by atoms with van der Waals surface area (Å²) in [6, 6.07) is 9.45. The van der Waals surface area contributed by atoms with Gasteiger partial charge in [-0.15, -0.1) is 0 Å². The predicted octanol–water partition coefficient (Wildman–Crippen LogP) is 4.34. The van der Waals surface area contributed by atoms with Gasteiger partial charge in [-0.05, 0) is 82.4 Å². The summed E-state index contributed by atoms with van der Waals surface area (Å²) in [6.07, 6.45) is 1.76. The first-order chi connectivity index (χ1) is 12.5. The van der Waals surface area contributed by atoms with E-state index in [0.717, 1.165) is 9.13 Å². The molecule has 0 aromatic heterocycles. The van der Waals surface area contributed by atoms with E-state index in [2.05, 4.69) is 32.9 Å². The maximum atomic E-state index is 13.0. The summed E-state index contributed by atoms with van der Waals surface area (Å²) in [4.78, 5) is 17.0. The Morgan fingerprint density at radius 1 is 1.19 bits per heavy atom. The lowest BCUT2D eigenvalue weighted by atomic mass is 10.2. The molecule has 26 heavy (non-hydrogen) atoms. The van der Waals surface area contributed by atoms with E-state index in [0.29, 0.717) is 27.3 Å². The first kappa shape index (κ1) is 18.7. The van der Waals surface area contributed by atoms with Crippen LogP contribution in [0.15, 0.2) is 46.3 Å². The third-order valence-corrected chi connectivity index (χ3v) is 5.17. The van der Waals surface area contributed by atoms with Crippen molar-refractivity contribution in [3.05, 3.63) is 56.3 Å². The predicted molar refractivity (Wildman–Crippen MR) is 109 cm³/mol. The molecule has 1 N–H and O–H groups in total. The zero-order chi connectivity index (χ0) is 18.7. The molecule has 1 fully saturated rings. The number of aliphatic imine (C=N–C) groups is 1. The molecule has 0 bridgehead atoms. The molecular formula is C18H14FIN2O3S. The normalized spacial score (nSPS) is 16.8. The Balaban J connectivity index is 1.87. The Kier molecular flexibility index (Phi) is 5.82. The lowest BCUT2D eigenvalue weighted by Gasteiger charge is -2.10.